The van der Waals surface area contributed by atoms with Gasteiger partial charge in [-0.1, -0.05) is 25.2 Å². The fraction of sp³-hybridized carbons (Fsp3) is 0.750. The molecule has 0 saturated carbocycles. The van der Waals surface area contributed by atoms with Crippen LogP contribution in [-0.2, 0) is 16.3 Å². The number of nitrogens with zero attached hydrogens (tertiary/aromatic N) is 2. The van der Waals surface area contributed by atoms with Gasteiger partial charge in [0.15, 0.2) is 14.9 Å². The summed E-state index contributed by atoms with van der Waals surface area (Å²) in [6, 6.07) is 0. The Hall–Kier alpha value is -0.800. The van der Waals surface area contributed by atoms with E-state index >= 15 is 0 Å². The van der Waals surface area contributed by atoms with E-state index in [1.54, 1.807) is 0 Å². The van der Waals surface area contributed by atoms with E-state index in [9.17, 15) is 8.42 Å². The smallest absolute Gasteiger partial charge is 0.211 e. The highest BCUT2D eigenvalue weighted by Gasteiger charge is 2.27. The van der Waals surface area contributed by atoms with Crippen LogP contribution in [-0.4, -0.2) is 41.8 Å². The predicted octanol–water partition coefficient (Wildman–Crippen LogP) is 1.46. The van der Waals surface area contributed by atoms with E-state index in [1.807, 2.05) is 0 Å². The summed E-state index contributed by atoms with van der Waals surface area (Å²) in [6.07, 6.45) is 1.61. The number of anilines is 1. The maximum Gasteiger partial charge on any atom is 0.211 e. The lowest BCUT2D eigenvalue weighted by Gasteiger charge is -2.11. The summed E-state index contributed by atoms with van der Waals surface area (Å²) in [7, 11) is -2.83. The van der Waals surface area contributed by atoms with Crippen molar-refractivity contribution in [2.75, 3.05) is 23.4 Å². The van der Waals surface area contributed by atoms with Crippen LogP contribution in [0.25, 0.3) is 0 Å². The number of hydrogen-bond acceptors (Lipinski definition) is 6. The molecule has 1 aromatic heterocycles. The van der Waals surface area contributed by atoms with Crippen LogP contribution in [0, 0.1) is 11.8 Å². The van der Waals surface area contributed by atoms with Gasteiger partial charge in [0.1, 0.15) is 5.01 Å². The Kier molecular flexibility index (Phi) is 5.50. The molecule has 0 unspecified atom stereocenters. The van der Waals surface area contributed by atoms with Gasteiger partial charge in [-0.15, -0.1) is 10.2 Å². The molecular formula is C12H20N4O2S3. The first-order valence-electron chi connectivity index (χ1n) is 6.92. The highest BCUT2D eigenvalue weighted by molar-refractivity contribution is 7.91. The summed E-state index contributed by atoms with van der Waals surface area (Å²) >= 11 is 6.68. The molecule has 1 aromatic rings. The molecule has 1 aliphatic heterocycles. The molecule has 0 aliphatic carbocycles. The number of hydrogen-bond donors (Lipinski definition) is 2. The molecule has 2 heterocycles. The Labute approximate surface area is 134 Å². The second kappa shape index (κ2) is 6.97. The molecule has 0 aromatic carbocycles. The van der Waals surface area contributed by atoms with Gasteiger partial charge < -0.3 is 10.6 Å². The molecule has 2 rings (SSSR count). The van der Waals surface area contributed by atoms with Gasteiger partial charge in [-0.05, 0) is 30.5 Å². The largest absolute Gasteiger partial charge is 0.362 e. The number of aromatic nitrogens is 2. The quantitative estimate of drug-likeness (QED) is 0.779. The molecular weight excluding hydrogens is 328 g/mol. The zero-order valence-electron chi connectivity index (χ0n) is 12.1. The van der Waals surface area contributed by atoms with Crippen molar-refractivity contribution in [2.24, 2.45) is 11.8 Å². The van der Waals surface area contributed by atoms with E-state index in [1.165, 1.54) is 11.3 Å². The predicted molar refractivity (Wildman–Crippen MR) is 89.4 cm³/mol. The molecule has 6 nitrogen and oxygen atoms in total. The third-order valence-corrected chi connectivity index (χ3v) is 6.09. The molecule has 1 saturated heterocycles. The summed E-state index contributed by atoms with van der Waals surface area (Å²) in [6.45, 7) is 4.84. The molecule has 2 N–H and O–H groups in total. The molecule has 118 valence electrons. The molecule has 1 fully saturated rings. The van der Waals surface area contributed by atoms with Crippen molar-refractivity contribution in [3.63, 3.8) is 0 Å². The first-order chi connectivity index (χ1) is 9.84. The van der Waals surface area contributed by atoms with E-state index < -0.39 is 9.84 Å². The maximum atomic E-state index is 11.4. The average molecular weight is 349 g/mol. The standard InChI is InChI=1S/C12H20N4O2S3/c1-8(2)5-10-15-16-12(20-10)14-11(19)13-6-9-3-4-21(17,18)7-9/h8-9H,3-7H2,1-2H3,(H2,13,14,16,19)/t9-/m0/s1. The minimum atomic E-state index is -2.83. The lowest BCUT2D eigenvalue weighted by atomic mass is 10.1. The Morgan fingerprint density at radius 3 is 2.86 bits per heavy atom. The highest BCUT2D eigenvalue weighted by atomic mass is 32.2. The molecule has 0 radical (unpaired) electrons. The second-order valence-electron chi connectivity index (χ2n) is 5.70. The lowest BCUT2D eigenvalue weighted by molar-refractivity contribution is 0.574. The van der Waals surface area contributed by atoms with Crippen molar-refractivity contribution < 1.29 is 8.42 Å². The minimum absolute atomic E-state index is 0.140. The van der Waals surface area contributed by atoms with Crippen LogP contribution in [0.3, 0.4) is 0 Å². The van der Waals surface area contributed by atoms with E-state index in [0.29, 0.717) is 29.1 Å². The summed E-state index contributed by atoms with van der Waals surface area (Å²) in [5.74, 6) is 1.22. The van der Waals surface area contributed by atoms with Gasteiger partial charge in [-0.25, -0.2) is 8.42 Å². The first-order valence-corrected chi connectivity index (χ1v) is 9.96. The Bertz CT molecular complexity index is 597. The van der Waals surface area contributed by atoms with E-state index in [4.69, 9.17) is 12.2 Å². The van der Waals surface area contributed by atoms with Crippen molar-refractivity contribution in [1.29, 1.82) is 0 Å². The molecule has 0 bridgehead atoms. The summed E-state index contributed by atoms with van der Waals surface area (Å²) < 4.78 is 22.7. The van der Waals surface area contributed by atoms with Crippen molar-refractivity contribution >= 4 is 43.6 Å². The van der Waals surface area contributed by atoms with E-state index in [-0.39, 0.29) is 17.4 Å². The van der Waals surface area contributed by atoms with Crippen molar-refractivity contribution in [1.82, 2.24) is 15.5 Å². The lowest BCUT2D eigenvalue weighted by Crippen LogP contribution is -2.33. The van der Waals surface area contributed by atoms with Crippen LogP contribution in [0.1, 0.15) is 25.3 Å². The Morgan fingerprint density at radius 1 is 1.48 bits per heavy atom. The number of rotatable bonds is 5. The third kappa shape index (κ3) is 5.48. The maximum absolute atomic E-state index is 11.4. The van der Waals surface area contributed by atoms with Gasteiger partial charge in [0.05, 0.1) is 11.5 Å². The zero-order chi connectivity index (χ0) is 15.5. The van der Waals surface area contributed by atoms with Gasteiger partial charge in [0.25, 0.3) is 0 Å². The molecule has 0 amide bonds. The van der Waals surface area contributed by atoms with Gasteiger partial charge >= 0.3 is 0 Å². The number of nitrogens with one attached hydrogen (secondary N) is 2. The summed E-state index contributed by atoms with van der Waals surface area (Å²) in [5.41, 5.74) is 0. The van der Waals surface area contributed by atoms with Crippen LogP contribution in [0.4, 0.5) is 5.13 Å². The van der Waals surface area contributed by atoms with Crippen LogP contribution in [0.15, 0.2) is 0 Å². The molecule has 0 spiro atoms. The molecule has 1 atom stereocenters. The second-order valence-corrected chi connectivity index (χ2v) is 9.40. The van der Waals surface area contributed by atoms with Gasteiger partial charge in [-0.2, -0.15) is 0 Å². The molecule has 1 aliphatic rings. The third-order valence-electron chi connectivity index (χ3n) is 3.15. The van der Waals surface area contributed by atoms with Gasteiger partial charge in [0, 0.05) is 13.0 Å². The summed E-state index contributed by atoms with van der Waals surface area (Å²) in [4.78, 5) is 0. The number of thiocarbonyl (C=S) groups is 1. The van der Waals surface area contributed by atoms with E-state index in [2.05, 4.69) is 34.7 Å². The summed E-state index contributed by atoms with van der Waals surface area (Å²) in [5, 5.41) is 16.3. The molecule has 9 heteroatoms. The zero-order valence-corrected chi connectivity index (χ0v) is 14.6. The van der Waals surface area contributed by atoms with Crippen molar-refractivity contribution in [3.8, 4) is 0 Å². The Morgan fingerprint density at radius 2 is 2.24 bits per heavy atom. The number of sulfone groups is 1. The topological polar surface area (TPSA) is 84.0 Å². The normalized spacial score (nSPS) is 20.6. The average Bonchev–Trinajstić information content (AvgIpc) is 2.93. The van der Waals surface area contributed by atoms with E-state index in [0.717, 1.165) is 11.4 Å². The van der Waals surface area contributed by atoms with Gasteiger partial charge in [0.2, 0.25) is 5.13 Å². The highest BCUT2D eigenvalue weighted by Crippen LogP contribution is 2.19. The minimum Gasteiger partial charge on any atom is -0.362 e. The van der Waals surface area contributed by atoms with Crippen LogP contribution in [0.5, 0.6) is 0 Å². The Balaban J connectivity index is 1.76. The molecule has 21 heavy (non-hydrogen) atoms. The SMILES string of the molecule is CC(C)Cc1nnc(NC(=S)NC[C@@H]2CCS(=O)(=O)C2)s1. The van der Waals surface area contributed by atoms with Crippen LogP contribution in [0.2, 0.25) is 0 Å². The monoisotopic (exact) mass is 348 g/mol. The van der Waals surface area contributed by atoms with Crippen molar-refractivity contribution in [3.05, 3.63) is 5.01 Å². The van der Waals surface area contributed by atoms with Crippen LogP contribution >= 0.6 is 23.6 Å². The first kappa shape index (κ1) is 16.6. The fourth-order valence-corrected chi connectivity index (χ4v) is 5.21. The van der Waals surface area contributed by atoms with Gasteiger partial charge in [-0.3, -0.25) is 0 Å². The van der Waals surface area contributed by atoms with Crippen molar-refractivity contribution in [2.45, 2.75) is 26.7 Å². The fourth-order valence-electron chi connectivity index (χ4n) is 2.15. The van der Waals surface area contributed by atoms with Crippen LogP contribution < -0.4 is 10.6 Å².